The Bertz CT molecular complexity index is 1530. The third-order valence-electron chi connectivity index (χ3n) is 7.19. The quantitative estimate of drug-likeness (QED) is 0.384. The van der Waals surface area contributed by atoms with Gasteiger partial charge in [-0.2, -0.15) is 0 Å². The van der Waals surface area contributed by atoms with Crippen LogP contribution < -0.4 is 0 Å². The molecule has 3 heteroatoms. The summed E-state index contributed by atoms with van der Waals surface area (Å²) < 4.78 is 0. The summed E-state index contributed by atoms with van der Waals surface area (Å²) in [4.78, 5) is 23.2. The van der Waals surface area contributed by atoms with Crippen molar-refractivity contribution in [2.45, 2.75) is 11.1 Å². The zero-order valence-corrected chi connectivity index (χ0v) is 18.3. The summed E-state index contributed by atoms with van der Waals surface area (Å²) >= 11 is 0. The van der Waals surface area contributed by atoms with E-state index in [2.05, 4.69) is 60.7 Å². The monoisotopic (exact) mass is 436 g/mol. The topological polar surface area (TPSA) is 41.8 Å². The second kappa shape index (κ2) is 6.82. The van der Waals surface area contributed by atoms with Gasteiger partial charge in [0.1, 0.15) is 0 Å². The van der Waals surface area contributed by atoms with E-state index >= 15 is 0 Å². The Kier molecular flexibility index (Phi) is 3.83. The van der Waals surface area contributed by atoms with E-state index in [1.54, 1.807) is 12.2 Å². The summed E-state index contributed by atoms with van der Waals surface area (Å²) in [6, 6.07) is 33.2. The van der Waals surface area contributed by atoms with Crippen LogP contribution in [0.2, 0.25) is 0 Å². The SMILES string of the molecule is O=C1C=CC2(C=C1)c1cccc3cccc(c13)C21N=C(c2ccccc2)C(c2ccccc2)=N1. The third kappa shape index (κ3) is 2.39. The zero-order chi connectivity index (χ0) is 22.8. The first-order valence-corrected chi connectivity index (χ1v) is 11.5. The number of nitrogens with zero attached hydrogens (tertiary/aromatic N) is 2. The molecule has 2 spiro atoms. The molecule has 160 valence electrons. The molecule has 0 radical (unpaired) electrons. The van der Waals surface area contributed by atoms with Crippen LogP contribution in [0.4, 0.5) is 0 Å². The molecule has 0 N–H and O–H groups in total. The second-order valence-corrected chi connectivity index (χ2v) is 8.97. The molecule has 0 unspecified atom stereocenters. The van der Waals surface area contributed by atoms with Crippen molar-refractivity contribution >= 4 is 28.0 Å². The average Bonchev–Trinajstić information content (AvgIpc) is 3.40. The molecule has 0 saturated heterocycles. The molecule has 0 amide bonds. The lowest BCUT2D eigenvalue weighted by molar-refractivity contribution is -0.110. The number of carbonyl (C=O) groups excluding carboxylic acids is 1. The van der Waals surface area contributed by atoms with E-state index in [-0.39, 0.29) is 5.78 Å². The molecular formula is C31H20N2O. The van der Waals surface area contributed by atoms with Crippen molar-refractivity contribution in [3.63, 3.8) is 0 Å². The maximum Gasteiger partial charge on any atom is 0.194 e. The Morgan fingerprint density at radius 1 is 0.559 bits per heavy atom. The average molecular weight is 437 g/mol. The van der Waals surface area contributed by atoms with Gasteiger partial charge >= 0.3 is 0 Å². The Morgan fingerprint density at radius 2 is 1.09 bits per heavy atom. The zero-order valence-electron chi connectivity index (χ0n) is 18.3. The molecule has 0 atom stereocenters. The van der Waals surface area contributed by atoms with Gasteiger partial charge in [-0.05, 0) is 28.5 Å². The van der Waals surface area contributed by atoms with Gasteiger partial charge in [0.15, 0.2) is 11.4 Å². The summed E-state index contributed by atoms with van der Waals surface area (Å²) in [6.45, 7) is 0. The fraction of sp³-hybridized carbons (Fsp3) is 0.0645. The minimum Gasteiger partial charge on any atom is -0.290 e. The van der Waals surface area contributed by atoms with Gasteiger partial charge in [0.05, 0.1) is 16.8 Å². The van der Waals surface area contributed by atoms with Crippen LogP contribution in [-0.4, -0.2) is 17.2 Å². The fourth-order valence-electron chi connectivity index (χ4n) is 5.69. The van der Waals surface area contributed by atoms with Gasteiger partial charge in [0.2, 0.25) is 0 Å². The van der Waals surface area contributed by atoms with Gasteiger partial charge in [0, 0.05) is 16.7 Å². The van der Waals surface area contributed by atoms with Crippen LogP contribution >= 0.6 is 0 Å². The predicted octanol–water partition coefficient (Wildman–Crippen LogP) is 5.93. The number of allylic oxidation sites excluding steroid dienone is 2. The highest BCUT2D eigenvalue weighted by Crippen LogP contribution is 2.60. The molecule has 3 nitrogen and oxygen atoms in total. The van der Waals surface area contributed by atoms with Crippen LogP contribution in [-0.2, 0) is 15.9 Å². The Hall–Kier alpha value is -4.37. The first kappa shape index (κ1) is 19.1. The van der Waals surface area contributed by atoms with Gasteiger partial charge in [-0.25, -0.2) is 9.98 Å². The summed E-state index contributed by atoms with van der Waals surface area (Å²) in [7, 11) is 0. The van der Waals surface area contributed by atoms with Gasteiger partial charge in [-0.15, -0.1) is 0 Å². The van der Waals surface area contributed by atoms with Crippen LogP contribution in [0.1, 0.15) is 22.3 Å². The van der Waals surface area contributed by atoms with Crippen LogP contribution in [0.15, 0.2) is 131 Å². The van der Waals surface area contributed by atoms with Crippen LogP contribution in [0.25, 0.3) is 10.8 Å². The van der Waals surface area contributed by atoms with Crippen LogP contribution in [0, 0.1) is 0 Å². The molecule has 0 bridgehead atoms. The molecule has 4 aromatic carbocycles. The Balaban J connectivity index is 1.61. The number of aliphatic imine (C=N–C) groups is 2. The number of hydrogen-bond donors (Lipinski definition) is 0. The van der Waals surface area contributed by atoms with Gasteiger partial charge in [-0.3, -0.25) is 4.79 Å². The standard InChI is InChI=1S/C31H20N2O/c34-24-17-19-30(20-18-24)25-15-7-13-21-14-8-16-26(27(21)25)31(30)32-28(22-9-3-1-4-10-22)29(33-31)23-11-5-2-6-12-23/h1-20H. The maximum atomic E-state index is 12.2. The van der Waals surface area contributed by atoms with E-state index in [1.165, 1.54) is 5.39 Å². The molecule has 3 aliphatic rings. The highest BCUT2D eigenvalue weighted by atomic mass is 16.1. The van der Waals surface area contributed by atoms with Crippen molar-refractivity contribution in [2.75, 3.05) is 0 Å². The molecule has 0 fully saturated rings. The smallest absolute Gasteiger partial charge is 0.194 e. The van der Waals surface area contributed by atoms with Crippen LogP contribution in [0.3, 0.4) is 0 Å². The lowest BCUT2D eigenvalue weighted by atomic mass is 9.71. The first-order chi connectivity index (χ1) is 16.7. The summed E-state index contributed by atoms with van der Waals surface area (Å²) in [5, 5.41) is 2.33. The summed E-state index contributed by atoms with van der Waals surface area (Å²) in [6.07, 6.45) is 7.35. The number of ketones is 1. The van der Waals surface area contributed by atoms with E-state index in [0.717, 1.165) is 39.1 Å². The van der Waals surface area contributed by atoms with Gasteiger partial charge in [0.25, 0.3) is 0 Å². The van der Waals surface area contributed by atoms with E-state index in [1.807, 2.05) is 48.6 Å². The third-order valence-corrected chi connectivity index (χ3v) is 7.19. The first-order valence-electron chi connectivity index (χ1n) is 11.5. The lowest BCUT2D eigenvalue weighted by Gasteiger charge is -2.37. The summed E-state index contributed by atoms with van der Waals surface area (Å²) in [5.74, 6) is -0.0126. The van der Waals surface area contributed by atoms with Crippen molar-refractivity contribution in [3.8, 4) is 0 Å². The number of carbonyl (C=O) groups is 1. The second-order valence-electron chi connectivity index (χ2n) is 8.97. The molecule has 0 aromatic heterocycles. The normalized spacial score (nSPS) is 18.6. The largest absolute Gasteiger partial charge is 0.290 e. The number of hydrogen-bond acceptors (Lipinski definition) is 3. The van der Waals surface area contributed by atoms with E-state index in [9.17, 15) is 4.79 Å². The van der Waals surface area contributed by atoms with Gasteiger partial charge in [-0.1, -0.05) is 109 Å². The number of fused-ring (bicyclic) bond motifs is 3. The minimum atomic E-state index is -0.930. The fourth-order valence-corrected chi connectivity index (χ4v) is 5.69. The van der Waals surface area contributed by atoms with Crippen molar-refractivity contribution in [1.29, 1.82) is 0 Å². The molecule has 34 heavy (non-hydrogen) atoms. The van der Waals surface area contributed by atoms with Crippen molar-refractivity contribution in [1.82, 2.24) is 0 Å². The van der Waals surface area contributed by atoms with E-state index in [4.69, 9.17) is 9.98 Å². The van der Waals surface area contributed by atoms with Crippen molar-refractivity contribution in [3.05, 3.63) is 144 Å². The lowest BCUT2D eigenvalue weighted by Crippen LogP contribution is -2.41. The number of rotatable bonds is 2. The van der Waals surface area contributed by atoms with E-state index < -0.39 is 11.1 Å². The molecule has 0 saturated carbocycles. The van der Waals surface area contributed by atoms with Crippen molar-refractivity contribution in [2.24, 2.45) is 9.98 Å². The maximum absolute atomic E-state index is 12.2. The molecular weight excluding hydrogens is 416 g/mol. The molecule has 4 aromatic rings. The van der Waals surface area contributed by atoms with Gasteiger partial charge < -0.3 is 0 Å². The summed E-state index contributed by atoms with van der Waals surface area (Å²) in [5.41, 5.74) is 4.39. The Labute approximate surface area is 197 Å². The van der Waals surface area contributed by atoms with Crippen LogP contribution in [0.5, 0.6) is 0 Å². The molecule has 1 aliphatic heterocycles. The molecule has 1 heterocycles. The highest BCUT2D eigenvalue weighted by Gasteiger charge is 2.60. The number of benzene rings is 4. The predicted molar refractivity (Wildman–Crippen MR) is 137 cm³/mol. The van der Waals surface area contributed by atoms with E-state index in [0.29, 0.717) is 0 Å². The Morgan fingerprint density at radius 3 is 1.65 bits per heavy atom. The van der Waals surface area contributed by atoms with Crippen molar-refractivity contribution < 1.29 is 4.79 Å². The molecule has 2 aliphatic carbocycles. The minimum absolute atomic E-state index is 0.0126. The molecule has 7 rings (SSSR count). The highest BCUT2D eigenvalue weighted by molar-refractivity contribution is 6.54.